The summed E-state index contributed by atoms with van der Waals surface area (Å²) in [5.41, 5.74) is 3.23. The molecular weight excluding hydrogens is 438 g/mol. The Labute approximate surface area is 197 Å². The van der Waals surface area contributed by atoms with Crippen molar-refractivity contribution in [2.24, 2.45) is 0 Å². The molecule has 3 aromatic rings. The second-order valence-corrected chi connectivity index (χ2v) is 9.02. The van der Waals surface area contributed by atoms with Gasteiger partial charge in [0.2, 0.25) is 0 Å². The van der Waals surface area contributed by atoms with Crippen LogP contribution in [-0.4, -0.2) is 28.3 Å². The second-order valence-electron chi connectivity index (χ2n) is 7.34. The molecule has 1 fully saturated rings. The zero-order valence-corrected chi connectivity index (χ0v) is 19.3. The predicted octanol–water partition coefficient (Wildman–Crippen LogP) is 5.85. The summed E-state index contributed by atoms with van der Waals surface area (Å²) in [4.78, 5) is 15.0. The first kappa shape index (κ1) is 22.1. The summed E-state index contributed by atoms with van der Waals surface area (Å²) in [6.07, 6.45) is 1.86. The number of para-hydroxylation sites is 1. The summed E-state index contributed by atoms with van der Waals surface area (Å²) in [6, 6.07) is 25.5. The molecule has 0 spiro atoms. The lowest BCUT2D eigenvalue weighted by atomic mass is 10.1. The van der Waals surface area contributed by atoms with Crippen LogP contribution in [0.1, 0.15) is 16.7 Å². The van der Waals surface area contributed by atoms with Gasteiger partial charge in [0.15, 0.2) is 0 Å². The number of amides is 1. The van der Waals surface area contributed by atoms with Gasteiger partial charge in [0.05, 0.1) is 11.4 Å². The number of thiocarbonyl (C=S) groups is 1. The molecule has 162 valence electrons. The van der Waals surface area contributed by atoms with Crippen LogP contribution in [0.2, 0.25) is 0 Å². The summed E-state index contributed by atoms with van der Waals surface area (Å²) < 4.78 is 12.2. The highest BCUT2D eigenvalue weighted by Gasteiger charge is 2.31. The smallest absolute Gasteiger partial charge is 0.266 e. The van der Waals surface area contributed by atoms with Gasteiger partial charge in [-0.1, -0.05) is 84.1 Å². The van der Waals surface area contributed by atoms with Crippen molar-refractivity contribution in [1.82, 2.24) is 4.90 Å². The van der Waals surface area contributed by atoms with Crippen LogP contribution in [0.5, 0.6) is 11.5 Å². The first-order chi connectivity index (χ1) is 15.6. The lowest BCUT2D eigenvalue weighted by Gasteiger charge is -2.14. The normalized spacial score (nSPS) is 14.8. The Balaban J connectivity index is 1.36. The van der Waals surface area contributed by atoms with Crippen molar-refractivity contribution in [3.8, 4) is 11.5 Å². The number of benzene rings is 3. The zero-order chi connectivity index (χ0) is 22.3. The summed E-state index contributed by atoms with van der Waals surface area (Å²) in [6.45, 7) is 3.35. The second kappa shape index (κ2) is 10.5. The summed E-state index contributed by atoms with van der Waals surface area (Å²) in [5, 5.41) is 0. The first-order valence-electron chi connectivity index (χ1n) is 10.3. The molecule has 6 heteroatoms. The number of hydrogen-bond donors (Lipinski definition) is 0. The van der Waals surface area contributed by atoms with Gasteiger partial charge < -0.3 is 9.47 Å². The van der Waals surface area contributed by atoms with E-state index < -0.39 is 0 Å². The van der Waals surface area contributed by atoms with Crippen LogP contribution in [0.25, 0.3) is 6.08 Å². The first-order valence-corrected chi connectivity index (χ1v) is 11.5. The minimum Gasteiger partial charge on any atom is -0.492 e. The minimum absolute atomic E-state index is 0.0948. The summed E-state index contributed by atoms with van der Waals surface area (Å²) in [7, 11) is 0. The van der Waals surface area contributed by atoms with Crippen molar-refractivity contribution in [2.45, 2.75) is 13.5 Å². The van der Waals surface area contributed by atoms with Crippen molar-refractivity contribution in [1.29, 1.82) is 0 Å². The molecule has 0 atom stereocenters. The Morgan fingerprint density at radius 1 is 0.938 bits per heavy atom. The molecule has 1 saturated heterocycles. The molecule has 0 aliphatic carbocycles. The molecule has 0 bridgehead atoms. The third kappa shape index (κ3) is 5.78. The quantitative estimate of drug-likeness (QED) is 0.311. The number of carbonyl (C=O) groups is 1. The van der Waals surface area contributed by atoms with Crippen LogP contribution >= 0.6 is 24.0 Å². The van der Waals surface area contributed by atoms with Crippen molar-refractivity contribution in [2.75, 3.05) is 13.2 Å². The molecule has 32 heavy (non-hydrogen) atoms. The van der Waals surface area contributed by atoms with E-state index in [9.17, 15) is 4.79 Å². The van der Waals surface area contributed by atoms with Crippen molar-refractivity contribution < 1.29 is 14.3 Å². The molecule has 1 amide bonds. The molecule has 1 heterocycles. The van der Waals surface area contributed by atoms with E-state index >= 15 is 0 Å². The van der Waals surface area contributed by atoms with E-state index in [1.807, 2.05) is 60.7 Å². The number of thioether (sulfide) groups is 1. The fourth-order valence-corrected chi connectivity index (χ4v) is 4.47. The van der Waals surface area contributed by atoms with E-state index in [0.717, 1.165) is 22.6 Å². The molecule has 3 aromatic carbocycles. The Morgan fingerprint density at radius 2 is 1.69 bits per heavy atom. The van der Waals surface area contributed by atoms with Gasteiger partial charge in [0.25, 0.3) is 5.91 Å². The maximum atomic E-state index is 12.8. The number of ether oxygens (including phenoxy) is 2. The fourth-order valence-electron chi connectivity index (χ4n) is 3.16. The van der Waals surface area contributed by atoms with Crippen LogP contribution in [0, 0.1) is 6.92 Å². The van der Waals surface area contributed by atoms with E-state index in [1.165, 1.54) is 17.3 Å². The van der Waals surface area contributed by atoms with Gasteiger partial charge in [0.1, 0.15) is 29.0 Å². The lowest BCUT2D eigenvalue weighted by molar-refractivity contribution is -0.122. The largest absolute Gasteiger partial charge is 0.492 e. The van der Waals surface area contributed by atoms with Crippen LogP contribution in [0.3, 0.4) is 0 Å². The highest BCUT2D eigenvalue weighted by atomic mass is 32.2. The molecule has 0 radical (unpaired) electrons. The molecule has 4 rings (SSSR count). The van der Waals surface area contributed by atoms with E-state index in [2.05, 4.69) is 31.2 Å². The molecule has 0 aromatic heterocycles. The predicted molar refractivity (Wildman–Crippen MR) is 134 cm³/mol. The number of nitrogens with zero attached hydrogens (tertiary/aromatic N) is 1. The Morgan fingerprint density at radius 3 is 2.47 bits per heavy atom. The lowest BCUT2D eigenvalue weighted by Crippen LogP contribution is -2.32. The Bertz CT molecular complexity index is 1130. The molecular formula is C26H23NO3S2. The van der Waals surface area contributed by atoms with E-state index in [-0.39, 0.29) is 5.91 Å². The summed E-state index contributed by atoms with van der Waals surface area (Å²) in [5.74, 6) is 1.43. The van der Waals surface area contributed by atoms with Gasteiger partial charge in [0, 0.05) is 0 Å². The SMILES string of the molecule is Cc1ccc(COc2cccc(/C=C3\SC(=S)N(CCOc4ccccc4)C3=O)c2)cc1. The molecule has 1 aliphatic rings. The molecule has 0 saturated carbocycles. The Hall–Kier alpha value is -3.09. The molecule has 0 N–H and O–H groups in total. The van der Waals surface area contributed by atoms with Crippen molar-refractivity contribution >= 4 is 40.3 Å². The van der Waals surface area contributed by atoms with Gasteiger partial charge in [-0.05, 0) is 48.4 Å². The number of hydrogen-bond acceptors (Lipinski definition) is 5. The van der Waals surface area contributed by atoms with E-state index in [1.54, 1.807) is 4.90 Å². The molecule has 1 aliphatic heterocycles. The molecule has 4 nitrogen and oxygen atoms in total. The maximum absolute atomic E-state index is 12.8. The van der Waals surface area contributed by atoms with Gasteiger partial charge in [-0.2, -0.15) is 0 Å². The van der Waals surface area contributed by atoms with Crippen molar-refractivity contribution in [3.63, 3.8) is 0 Å². The fraction of sp³-hybridized carbons (Fsp3) is 0.154. The van der Waals surface area contributed by atoms with Gasteiger partial charge >= 0.3 is 0 Å². The van der Waals surface area contributed by atoms with Crippen LogP contribution < -0.4 is 9.47 Å². The number of rotatable bonds is 8. The maximum Gasteiger partial charge on any atom is 0.266 e. The van der Waals surface area contributed by atoms with Gasteiger partial charge in [-0.15, -0.1) is 0 Å². The van der Waals surface area contributed by atoms with Crippen LogP contribution in [0.15, 0.2) is 83.8 Å². The Kier molecular flexibility index (Phi) is 7.24. The monoisotopic (exact) mass is 461 g/mol. The highest BCUT2D eigenvalue weighted by molar-refractivity contribution is 8.26. The van der Waals surface area contributed by atoms with E-state index in [0.29, 0.717) is 29.0 Å². The molecule has 0 unspecified atom stereocenters. The summed E-state index contributed by atoms with van der Waals surface area (Å²) >= 11 is 6.73. The average molecular weight is 462 g/mol. The average Bonchev–Trinajstić information content (AvgIpc) is 3.07. The number of carbonyl (C=O) groups excluding carboxylic acids is 1. The topological polar surface area (TPSA) is 38.8 Å². The third-order valence-corrected chi connectivity index (χ3v) is 6.26. The van der Waals surface area contributed by atoms with Gasteiger partial charge in [-0.25, -0.2) is 0 Å². The standard InChI is InChI=1S/C26H23NO3S2/c1-19-10-12-20(13-11-19)18-30-23-9-5-6-21(16-23)17-24-25(28)27(26(31)32-24)14-15-29-22-7-3-2-4-8-22/h2-13,16-17H,14-15,18H2,1H3/b24-17-. The minimum atomic E-state index is -0.0948. The number of aryl methyl sites for hydroxylation is 1. The van der Waals surface area contributed by atoms with Crippen LogP contribution in [-0.2, 0) is 11.4 Å². The zero-order valence-electron chi connectivity index (χ0n) is 17.7. The van der Waals surface area contributed by atoms with Gasteiger partial charge in [-0.3, -0.25) is 9.69 Å². The van der Waals surface area contributed by atoms with E-state index in [4.69, 9.17) is 21.7 Å². The van der Waals surface area contributed by atoms with Crippen molar-refractivity contribution in [3.05, 3.63) is 100 Å². The van der Waals surface area contributed by atoms with Crippen LogP contribution in [0.4, 0.5) is 0 Å². The third-order valence-electron chi connectivity index (χ3n) is 4.88. The highest BCUT2D eigenvalue weighted by Crippen LogP contribution is 2.33.